The van der Waals surface area contributed by atoms with Crippen LogP contribution in [-0.4, -0.2) is 32.1 Å². The summed E-state index contributed by atoms with van der Waals surface area (Å²) < 4.78 is 11.2. The number of hydrazine groups is 1. The van der Waals surface area contributed by atoms with Crippen LogP contribution in [0.1, 0.15) is 47.1 Å². The first-order valence-electron chi connectivity index (χ1n) is 8.85. The van der Waals surface area contributed by atoms with Crippen LogP contribution in [0.5, 0.6) is 5.75 Å². The van der Waals surface area contributed by atoms with Gasteiger partial charge in [0.05, 0.1) is 12.2 Å². The van der Waals surface area contributed by atoms with Crippen LogP contribution in [0.15, 0.2) is 46.9 Å². The van der Waals surface area contributed by atoms with E-state index in [1.807, 2.05) is 12.1 Å². The van der Waals surface area contributed by atoms with Gasteiger partial charge in [0.2, 0.25) is 0 Å². The summed E-state index contributed by atoms with van der Waals surface area (Å²) in [6.45, 7) is 7.02. The fraction of sp³-hybridized carbons (Fsp3) is 0.333. The average molecular weight is 449 g/mol. The lowest BCUT2D eigenvalue weighted by Gasteiger charge is -2.19. The first-order chi connectivity index (χ1) is 13.2. The standard InChI is InChI=1S/C21H25BrN2O4/c1-21(2,3)15-7-5-14(6-8-15)19(25)23-24-20(26)17-13-16(22)9-10-18(17)28-12-11-27-4/h5-10,13H,11-12H2,1-4H3,(H,23,25)(H,24,26). The van der Waals surface area contributed by atoms with Gasteiger partial charge >= 0.3 is 0 Å². The topological polar surface area (TPSA) is 76.7 Å². The molecule has 0 fully saturated rings. The van der Waals surface area contributed by atoms with E-state index < -0.39 is 11.8 Å². The molecule has 0 unspecified atom stereocenters. The van der Waals surface area contributed by atoms with Gasteiger partial charge in [-0.05, 0) is 41.3 Å². The van der Waals surface area contributed by atoms with E-state index in [9.17, 15) is 9.59 Å². The number of methoxy groups -OCH3 is 1. The third-order valence-electron chi connectivity index (χ3n) is 4.03. The molecule has 2 amide bonds. The van der Waals surface area contributed by atoms with E-state index in [4.69, 9.17) is 9.47 Å². The summed E-state index contributed by atoms with van der Waals surface area (Å²) in [6.07, 6.45) is 0. The monoisotopic (exact) mass is 448 g/mol. The van der Waals surface area contributed by atoms with Gasteiger partial charge in [0.1, 0.15) is 12.4 Å². The molecule has 0 saturated carbocycles. The largest absolute Gasteiger partial charge is 0.490 e. The van der Waals surface area contributed by atoms with Crippen molar-refractivity contribution in [3.8, 4) is 5.75 Å². The van der Waals surface area contributed by atoms with E-state index in [1.54, 1.807) is 37.4 Å². The number of benzene rings is 2. The Morgan fingerprint density at radius 1 is 0.964 bits per heavy atom. The van der Waals surface area contributed by atoms with Crippen molar-refractivity contribution in [3.05, 3.63) is 63.6 Å². The van der Waals surface area contributed by atoms with Gasteiger partial charge in [0.15, 0.2) is 0 Å². The number of amides is 2. The molecule has 0 aliphatic rings. The number of hydrogen-bond acceptors (Lipinski definition) is 4. The Bertz CT molecular complexity index is 829. The number of hydrogen-bond donors (Lipinski definition) is 2. The summed E-state index contributed by atoms with van der Waals surface area (Å²) in [7, 11) is 1.57. The van der Waals surface area contributed by atoms with E-state index in [-0.39, 0.29) is 5.41 Å². The van der Waals surface area contributed by atoms with Crippen molar-refractivity contribution >= 4 is 27.7 Å². The summed E-state index contributed by atoms with van der Waals surface area (Å²) in [6, 6.07) is 12.4. The molecule has 0 atom stereocenters. The summed E-state index contributed by atoms with van der Waals surface area (Å²) in [5.74, 6) is -0.472. The van der Waals surface area contributed by atoms with Crippen molar-refractivity contribution in [1.29, 1.82) is 0 Å². The number of rotatable bonds is 6. The Hall–Kier alpha value is -2.38. The molecular formula is C21H25BrN2O4. The fourth-order valence-electron chi connectivity index (χ4n) is 2.42. The van der Waals surface area contributed by atoms with Crippen molar-refractivity contribution in [1.82, 2.24) is 10.9 Å². The molecular weight excluding hydrogens is 424 g/mol. The maximum absolute atomic E-state index is 12.5. The molecule has 28 heavy (non-hydrogen) atoms. The van der Waals surface area contributed by atoms with Crippen LogP contribution >= 0.6 is 15.9 Å². The molecule has 0 radical (unpaired) electrons. The zero-order valence-electron chi connectivity index (χ0n) is 16.5. The van der Waals surface area contributed by atoms with E-state index >= 15 is 0 Å². The maximum atomic E-state index is 12.5. The van der Waals surface area contributed by atoms with Crippen molar-refractivity contribution in [2.75, 3.05) is 20.3 Å². The van der Waals surface area contributed by atoms with Crippen molar-refractivity contribution in [2.24, 2.45) is 0 Å². The normalized spacial score (nSPS) is 11.0. The third kappa shape index (κ3) is 6.07. The highest BCUT2D eigenvalue weighted by Crippen LogP contribution is 2.24. The van der Waals surface area contributed by atoms with E-state index in [0.717, 1.165) is 10.0 Å². The van der Waals surface area contributed by atoms with E-state index in [0.29, 0.717) is 30.1 Å². The lowest BCUT2D eigenvalue weighted by atomic mass is 9.87. The minimum Gasteiger partial charge on any atom is -0.490 e. The SMILES string of the molecule is COCCOc1ccc(Br)cc1C(=O)NNC(=O)c1ccc(C(C)(C)C)cc1. The van der Waals surface area contributed by atoms with Crippen LogP contribution in [0.2, 0.25) is 0 Å². The average Bonchev–Trinajstić information content (AvgIpc) is 2.66. The summed E-state index contributed by atoms with van der Waals surface area (Å²) in [4.78, 5) is 24.8. The Morgan fingerprint density at radius 2 is 1.61 bits per heavy atom. The number of ether oxygens (including phenoxy) is 2. The third-order valence-corrected chi connectivity index (χ3v) is 4.53. The number of carbonyl (C=O) groups is 2. The molecule has 150 valence electrons. The Morgan fingerprint density at radius 3 is 2.21 bits per heavy atom. The Balaban J connectivity index is 2.03. The molecule has 0 aliphatic carbocycles. The van der Waals surface area contributed by atoms with Crippen LogP contribution in [0.25, 0.3) is 0 Å². The molecule has 2 N–H and O–H groups in total. The van der Waals surface area contributed by atoms with Gasteiger partial charge in [0.25, 0.3) is 11.8 Å². The maximum Gasteiger partial charge on any atom is 0.273 e. The molecule has 0 aromatic heterocycles. The first kappa shape index (κ1) is 21.9. The van der Waals surface area contributed by atoms with Gasteiger partial charge in [-0.2, -0.15) is 0 Å². The minimum atomic E-state index is -0.478. The molecule has 6 nitrogen and oxygen atoms in total. The van der Waals surface area contributed by atoms with Gasteiger partial charge in [-0.15, -0.1) is 0 Å². The summed E-state index contributed by atoms with van der Waals surface area (Å²) in [5, 5.41) is 0. The lowest BCUT2D eigenvalue weighted by molar-refractivity contribution is 0.0842. The van der Waals surface area contributed by atoms with Crippen LogP contribution in [0.4, 0.5) is 0 Å². The van der Waals surface area contributed by atoms with Gasteiger partial charge in [0, 0.05) is 17.1 Å². The first-order valence-corrected chi connectivity index (χ1v) is 9.64. The van der Waals surface area contributed by atoms with Gasteiger partial charge in [-0.1, -0.05) is 48.8 Å². The minimum absolute atomic E-state index is 0.00311. The molecule has 0 heterocycles. The van der Waals surface area contributed by atoms with Crippen molar-refractivity contribution in [2.45, 2.75) is 26.2 Å². The molecule has 0 aliphatic heterocycles. The second-order valence-corrected chi connectivity index (χ2v) is 8.13. The fourth-order valence-corrected chi connectivity index (χ4v) is 2.78. The molecule has 2 rings (SSSR count). The smallest absolute Gasteiger partial charge is 0.273 e. The quantitative estimate of drug-likeness (QED) is 0.519. The van der Waals surface area contributed by atoms with Crippen molar-refractivity contribution < 1.29 is 19.1 Å². The van der Waals surface area contributed by atoms with Crippen LogP contribution in [-0.2, 0) is 10.2 Å². The highest BCUT2D eigenvalue weighted by molar-refractivity contribution is 9.10. The molecule has 2 aromatic rings. The van der Waals surface area contributed by atoms with E-state index in [2.05, 4.69) is 47.6 Å². The van der Waals surface area contributed by atoms with Crippen LogP contribution in [0, 0.1) is 0 Å². The zero-order valence-corrected chi connectivity index (χ0v) is 18.1. The lowest BCUT2D eigenvalue weighted by Crippen LogP contribution is -2.41. The number of halogens is 1. The zero-order chi connectivity index (χ0) is 20.7. The summed E-state index contributed by atoms with van der Waals surface area (Å²) in [5.41, 5.74) is 6.75. The van der Waals surface area contributed by atoms with Crippen LogP contribution < -0.4 is 15.6 Å². The highest BCUT2D eigenvalue weighted by atomic mass is 79.9. The second kappa shape index (κ2) is 9.71. The molecule has 7 heteroatoms. The predicted octanol–water partition coefficient (Wildman–Crippen LogP) is 3.85. The second-order valence-electron chi connectivity index (χ2n) is 7.22. The van der Waals surface area contributed by atoms with Crippen molar-refractivity contribution in [3.63, 3.8) is 0 Å². The Labute approximate surface area is 173 Å². The van der Waals surface area contributed by atoms with Gasteiger partial charge in [-0.3, -0.25) is 20.4 Å². The molecule has 2 aromatic carbocycles. The van der Waals surface area contributed by atoms with E-state index in [1.165, 1.54) is 0 Å². The predicted molar refractivity (Wildman–Crippen MR) is 112 cm³/mol. The number of nitrogens with one attached hydrogen (secondary N) is 2. The van der Waals surface area contributed by atoms with Gasteiger partial charge in [-0.25, -0.2) is 0 Å². The molecule has 0 saturated heterocycles. The molecule has 0 bridgehead atoms. The Kier molecular flexibility index (Phi) is 7.60. The number of carbonyl (C=O) groups excluding carboxylic acids is 2. The van der Waals surface area contributed by atoms with Gasteiger partial charge < -0.3 is 9.47 Å². The van der Waals surface area contributed by atoms with Crippen LogP contribution in [0.3, 0.4) is 0 Å². The summed E-state index contributed by atoms with van der Waals surface area (Å²) >= 11 is 3.34. The highest BCUT2D eigenvalue weighted by Gasteiger charge is 2.16. The molecule has 0 spiro atoms.